The molecular weight excluding hydrogens is 326 g/mol. The van der Waals surface area contributed by atoms with Crippen molar-refractivity contribution < 1.29 is 9.59 Å². The summed E-state index contributed by atoms with van der Waals surface area (Å²) in [4.78, 5) is 23.5. The maximum Gasteiger partial charge on any atom is 0.267 e. The van der Waals surface area contributed by atoms with Crippen LogP contribution in [0.3, 0.4) is 0 Å². The molecule has 5 heteroatoms. The highest BCUT2D eigenvalue weighted by atomic mass is 16.1. The van der Waals surface area contributed by atoms with Crippen molar-refractivity contribution in [2.45, 2.75) is 26.7 Å². The molecule has 0 heterocycles. The first-order valence-corrected chi connectivity index (χ1v) is 8.30. The van der Waals surface area contributed by atoms with Crippen LogP contribution in [-0.2, 0) is 4.79 Å². The first kappa shape index (κ1) is 18.9. The van der Waals surface area contributed by atoms with Crippen molar-refractivity contribution in [3.8, 4) is 6.07 Å². The number of carbonyl (C=O) groups is 2. The van der Waals surface area contributed by atoms with Gasteiger partial charge in [0.2, 0.25) is 0 Å². The number of Topliss-reactive ketones (excluding diaryl/α,β-unsaturated/α-hetero) is 1. The van der Waals surface area contributed by atoms with E-state index in [0.29, 0.717) is 22.9 Å². The van der Waals surface area contributed by atoms with Crippen LogP contribution in [0.15, 0.2) is 60.3 Å². The van der Waals surface area contributed by atoms with E-state index in [4.69, 9.17) is 0 Å². The molecule has 0 radical (unpaired) electrons. The molecule has 26 heavy (non-hydrogen) atoms. The molecule has 0 aliphatic rings. The summed E-state index contributed by atoms with van der Waals surface area (Å²) in [6.45, 7) is 5.69. The number of hydrogen-bond acceptors (Lipinski definition) is 4. The standard InChI is InChI=1S/C21H21N3O2/c1-14(2)16-4-10-20(11-5-16)24-21(26)18(12-22)13-23-19-8-6-17(7-9-19)15(3)25/h4-11,13-14,23H,1-3H3,(H,24,26)/b18-13-. The lowest BCUT2D eigenvalue weighted by atomic mass is 10.0. The summed E-state index contributed by atoms with van der Waals surface area (Å²) in [5.74, 6) is -0.0989. The molecule has 0 aromatic heterocycles. The summed E-state index contributed by atoms with van der Waals surface area (Å²) in [5, 5.41) is 14.8. The van der Waals surface area contributed by atoms with Crippen LogP contribution >= 0.6 is 0 Å². The van der Waals surface area contributed by atoms with Gasteiger partial charge in [0.1, 0.15) is 11.6 Å². The number of hydrogen-bond donors (Lipinski definition) is 2. The van der Waals surface area contributed by atoms with Gasteiger partial charge in [0.15, 0.2) is 5.78 Å². The molecule has 2 aromatic rings. The molecule has 0 spiro atoms. The zero-order chi connectivity index (χ0) is 19.1. The summed E-state index contributed by atoms with van der Waals surface area (Å²) < 4.78 is 0. The van der Waals surface area contributed by atoms with Gasteiger partial charge >= 0.3 is 0 Å². The van der Waals surface area contributed by atoms with Crippen LogP contribution in [0.1, 0.15) is 42.6 Å². The fourth-order valence-corrected chi connectivity index (χ4v) is 2.26. The van der Waals surface area contributed by atoms with E-state index in [1.165, 1.54) is 18.7 Å². The van der Waals surface area contributed by atoms with Crippen LogP contribution in [-0.4, -0.2) is 11.7 Å². The number of benzene rings is 2. The summed E-state index contributed by atoms with van der Waals surface area (Å²) >= 11 is 0. The van der Waals surface area contributed by atoms with Gasteiger partial charge in [-0.3, -0.25) is 9.59 Å². The van der Waals surface area contributed by atoms with Gasteiger partial charge in [0, 0.05) is 23.1 Å². The third kappa shape index (κ3) is 5.05. The van der Waals surface area contributed by atoms with E-state index in [1.807, 2.05) is 30.3 Å². The first-order chi connectivity index (χ1) is 12.4. The molecular formula is C21H21N3O2. The molecule has 0 aliphatic heterocycles. The molecule has 0 saturated carbocycles. The second kappa shape index (κ2) is 8.63. The predicted molar refractivity (Wildman–Crippen MR) is 103 cm³/mol. The summed E-state index contributed by atoms with van der Waals surface area (Å²) in [5.41, 5.74) is 3.04. The fourth-order valence-electron chi connectivity index (χ4n) is 2.26. The number of rotatable bonds is 6. The molecule has 132 valence electrons. The van der Waals surface area contributed by atoms with Gasteiger partial charge in [-0.25, -0.2) is 0 Å². The van der Waals surface area contributed by atoms with Crippen molar-refractivity contribution in [1.82, 2.24) is 0 Å². The Morgan fingerprint density at radius 1 is 1.00 bits per heavy atom. The van der Waals surface area contributed by atoms with E-state index in [1.54, 1.807) is 24.3 Å². The second-order valence-electron chi connectivity index (χ2n) is 6.18. The fraction of sp³-hybridized carbons (Fsp3) is 0.190. The Balaban J connectivity index is 2.04. The van der Waals surface area contributed by atoms with Gasteiger partial charge in [0.05, 0.1) is 0 Å². The lowest BCUT2D eigenvalue weighted by Crippen LogP contribution is -2.14. The highest BCUT2D eigenvalue weighted by Crippen LogP contribution is 2.17. The maximum absolute atomic E-state index is 12.2. The number of nitrogens with one attached hydrogen (secondary N) is 2. The average Bonchev–Trinajstić information content (AvgIpc) is 2.63. The molecule has 0 atom stereocenters. The lowest BCUT2D eigenvalue weighted by Gasteiger charge is -2.08. The number of nitrogens with zero attached hydrogens (tertiary/aromatic N) is 1. The van der Waals surface area contributed by atoms with Gasteiger partial charge in [0.25, 0.3) is 5.91 Å². The van der Waals surface area contributed by atoms with Crippen LogP contribution in [0.25, 0.3) is 0 Å². The van der Waals surface area contributed by atoms with Gasteiger partial charge in [-0.15, -0.1) is 0 Å². The maximum atomic E-state index is 12.2. The molecule has 5 nitrogen and oxygen atoms in total. The summed E-state index contributed by atoms with van der Waals surface area (Å²) in [6, 6.07) is 16.2. The highest BCUT2D eigenvalue weighted by molar-refractivity contribution is 6.06. The molecule has 0 bridgehead atoms. The molecule has 2 rings (SSSR count). The van der Waals surface area contributed by atoms with Crippen molar-refractivity contribution in [1.29, 1.82) is 5.26 Å². The Morgan fingerprint density at radius 3 is 2.08 bits per heavy atom. The number of nitriles is 1. The van der Waals surface area contributed by atoms with E-state index in [9.17, 15) is 14.9 Å². The van der Waals surface area contributed by atoms with E-state index in [0.717, 1.165) is 0 Å². The second-order valence-corrected chi connectivity index (χ2v) is 6.18. The van der Waals surface area contributed by atoms with Gasteiger partial charge < -0.3 is 10.6 Å². The van der Waals surface area contributed by atoms with Crippen molar-refractivity contribution in [2.75, 3.05) is 10.6 Å². The monoisotopic (exact) mass is 347 g/mol. The Morgan fingerprint density at radius 2 is 1.58 bits per heavy atom. The molecule has 2 aromatic carbocycles. The number of amides is 1. The van der Waals surface area contributed by atoms with Crippen molar-refractivity contribution in [3.05, 3.63) is 71.4 Å². The van der Waals surface area contributed by atoms with Crippen molar-refractivity contribution >= 4 is 23.1 Å². The van der Waals surface area contributed by atoms with Gasteiger partial charge in [-0.05, 0) is 54.8 Å². The first-order valence-electron chi connectivity index (χ1n) is 8.30. The highest BCUT2D eigenvalue weighted by Gasteiger charge is 2.09. The average molecular weight is 347 g/mol. The molecule has 1 amide bonds. The zero-order valence-electron chi connectivity index (χ0n) is 15.0. The van der Waals surface area contributed by atoms with Crippen molar-refractivity contribution in [2.24, 2.45) is 0 Å². The molecule has 0 unspecified atom stereocenters. The van der Waals surface area contributed by atoms with Crippen LogP contribution < -0.4 is 10.6 Å². The largest absolute Gasteiger partial charge is 0.360 e. The minimum absolute atomic E-state index is 0.0207. The topological polar surface area (TPSA) is 82.0 Å². The molecule has 2 N–H and O–H groups in total. The number of anilines is 2. The van der Waals surface area contributed by atoms with Gasteiger partial charge in [-0.1, -0.05) is 26.0 Å². The van der Waals surface area contributed by atoms with E-state index in [2.05, 4.69) is 24.5 Å². The summed E-state index contributed by atoms with van der Waals surface area (Å²) in [7, 11) is 0. The minimum atomic E-state index is -0.488. The lowest BCUT2D eigenvalue weighted by molar-refractivity contribution is -0.112. The quantitative estimate of drug-likeness (QED) is 0.459. The normalized spacial score (nSPS) is 11.0. The Hall–Kier alpha value is -3.39. The number of ketones is 1. The van der Waals surface area contributed by atoms with E-state index >= 15 is 0 Å². The third-order valence-corrected chi connectivity index (χ3v) is 3.87. The smallest absolute Gasteiger partial charge is 0.267 e. The van der Waals surface area contributed by atoms with Crippen LogP contribution in [0.4, 0.5) is 11.4 Å². The molecule has 0 fully saturated rings. The molecule has 0 saturated heterocycles. The Kier molecular flexibility index (Phi) is 6.29. The SMILES string of the molecule is CC(=O)c1ccc(N/C=C(/C#N)C(=O)Nc2ccc(C(C)C)cc2)cc1. The van der Waals surface area contributed by atoms with Crippen molar-refractivity contribution in [3.63, 3.8) is 0 Å². The Labute approximate surface area is 153 Å². The third-order valence-electron chi connectivity index (χ3n) is 3.87. The predicted octanol–water partition coefficient (Wildman–Crippen LogP) is 4.47. The van der Waals surface area contributed by atoms with E-state index < -0.39 is 5.91 Å². The Bertz CT molecular complexity index is 858. The number of carbonyl (C=O) groups excluding carboxylic acids is 2. The van der Waals surface area contributed by atoms with Crippen LogP contribution in [0.2, 0.25) is 0 Å². The summed E-state index contributed by atoms with van der Waals surface area (Å²) in [6.07, 6.45) is 1.35. The van der Waals surface area contributed by atoms with Crippen LogP contribution in [0.5, 0.6) is 0 Å². The zero-order valence-corrected chi connectivity index (χ0v) is 15.0. The minimum Gasteiger partial charge on any atom is -0.360 e. The van der Waals surface area contributed by atoms with E-state index in [-0.39, 0.29) is 11.4 Å². The van der Waals surface area contributed by atoms with Gasteiger partial charge in [-0.2, -0.15) is 5.26 Å². The van der Waals surface area contributed by atoms with Crippen LogP contribution in [0, 0.1) is 11.3 Å². The molecule has 0 aliphatic carbocycles.